The molecule has 0 saturated carbocycles. The molecule has 2 rings (SSSR count). The first-order valence-corrected chi connectivity index (χ1v) is 7.14. The van der Waals surface area contributed by atoms with Crippen molar-refractivity contribution in [1.82, 2.24) is 4.98 Å². The zero-order valence-corrected chi connectivity index (χ0v) is 12.4. The summed E-state index contributed by atoms with van der Waals surface area (Å²) in [6.07, 6.45) is -4.22. The van der Waals surface area contributed by atoms with Crippen LogP contribution in [0.1, 0.15) is 11.3 Å². The molecule has 118 valence electrons. The number of thiazole rings is 1. The van der Waals surface area contributed by atoms with Crippen LogP contribution in [0.3, 0.4) is 0 Å². The molecule has 0 aliphatic carbocycles. The average Bonchev–Trinajstić information content (AvgIpc) is 2.96. The molecule has 1 atom stereocenters. The van der Waals surface area contributed by atoms with Gasteiger partial charge in [0.05, 0.1) is 7.11 Å². The number of benzene rings is 1. The van der Waals surface area contributed by atoms with Gasteiger partial charge in [0.1, 0.15) is 11.0 Å². The van der Waals surface area contributed by atoms with Crippen molar-refractivity contribution in [2.75, 3.05) is 7.11 Å². The largest absolute Gasteiger partial charge is 0.468 e. The molecule has 1 aromatic carbocycles. The number of alkyl halides is 3. The Kier molecular flexibility index (Phi) is 4.82. The Morgan fingerprint density at radius 1 is 1.45 bits per heavy atom. The third kappa shape index (κ3) is 3.83. The molecule has 0 unspecified atom stereocenters. The van der Waals surface area contributed by atoms with Gasteiger partial charge in [-0.3, -0.25) is 4.79 Å². The number of hydrogen-bond donors (Lipinski definition) is 1. The fraction of sp³-hybridized carbons (Fsp3) is 0.286. The van der Waals surface area contributed by atoms with E-state index in [9.17, 15) is 18.0 Å². The van der Waals surface area contributed by atoms with Crippen LogP contribution in [0, 0.1) is 0 Å². The van der Waals surface area contributed by atoms with E-state index in [-0.39, 0.29) is 11.4 Å². The average molecular weight is 330 g/mol. The monoisotopic (exact) mass is 330 g/mol. The van der Waals surface area contributed by atoms with Crippen LogP contribution in [-0.4, -0.2) is 24.1 Å². The van der Waals surface area contributed by atoms with Gasteiger partial charge >= 0.3 is 12.1 Å². The summed E-state index contributed by atoms with van der Waals surface area (Å²) in [6, 6.07) is 5.93. The van der Waals surface area contributed by atoms with E-state index in [0.29, 0.717) is 5.56 Å². The summed E-state index contributed by atoms with van der Waals surface area (Å²) >= 11 is 0.914. The van der Waals surface area contributed by atoms with E-state index in [1.807, 2.05) is 0 Å². The Morgan fingerprint density at radius 3 is 2.77 bits per heavy atom. The molecule has 2 aromatic rings. The molecule has 22 heavy (non-hydrogen) atoms. The molecule has 0 saturated heterocycles. The van der Waals surface area contributed by atoms with E-state index >= 15 is 0 Å². The SMILES string of the molecule is COC(=O)[C@@H](N)Cc1cccc(-c2nc(C(F)(F)F)cs2)c1. The van der Waals surface area contributed by atoms with Gasteiger partial charge in [0.15, 0.2) is 5.69 Å². The molecule has 0 amide bonds. The van der Waals surface area contributed by atoms with Gasteiger partial charge < -0.3 is 10.5 Å². The Hall–Kier alpha value is -1.93. The van der Waals surface area contributed by atoms with Crippen LogP contribution < -0.4 is 5.73 Å². The molecular weight excluding hydrogens is 317 g/mol. The van der Waals surface area contributed by atoms with Crippen LogP contribution in [0.5, 0.6) is 0 Å². The van der Waals surface area contributed by atoms with Crippen LogP contribution in [0.25, 0.3) is 10.6 Å². The first-order chi connectivity index (χ1) is 10.3. The highest BCUT2D eigenvalue weighted by molar-refractivity contribution is 7.13. The van der Waals surface area contributed by atoms with Gasteiger partial charge in [-0.15, -0.1) is 11.3 Å². The number of ether oxygens (including phenoxy) is 1. The molecule has 0 radical (unpaired) electrons. The van der Waals surface area contributed by atoms with Crippen molar-refractivity contribution in [1.29, 1.82) is 0 Å². The second-order valence-electron chi connectivity index (χ2n) is 4.57. The minimum atomic E-state index is -4.46. The van der Waals surface area contributed by atoms with E-state index < -0.39 is 23.9 Å². The molecule has 0 aliphatic heterocycles. The van der Waals surface area contributed by atoms with Gasteiger partial charge in [-0.1, -0.05) is 18.2 Å². The molecular formula is C14H13F3N2O2S. The van der Waals surface area contributed by atoms with Gasteiger partial charge in [-0.25, -0.2) is 4.98 Å². The fourth-order valence-corrected chi connectivity index (χ4v) is 2.68. The van der Waals surface area contributed by atoms with Crippen LogP contribution in [0.15, 0.2) is 29.6 Å². The third-order valence-electron chi connectivity index (χ3n) is 2.93. The van der Waals surface area contributed by atoms with Crippen molar-refractivity contribution in [3.8, 4) is 10.6 Å². The molecule has 1 heterocycles. The molecule has 0 fully saturated rings. The summed E-state index contributed by atoms with van der Waals surface area (Å²) in [6.45, 7) is 0. The third-order valence-corrected chi connectivity index (χ3v) is 3.82. The predicted molar refractivity (Wildman–Crippen MR) is 76.2 cm³/mol. The van der Waals surface area contributed by atoms with Gasteiger partial charge in [-0.05, 0) is 18.1 Å². The maximum absolute atomic E-state index is 12.6. The predicted octanol–water partition coefficient (Wildman–Crippen LogP) is 2.87. The van der Waals surface area contributed by atoms with E-state index in [0.717, 1.165) is 22.3 Å². The first kappa shape index (κ1) is 16.4. The van der Waals surface area contributed by atoms with Crippen molar-refractivity contribution < 1.29 is 22.7 Å². The summed E-state index contributed by atoms with van der Waals surface area (Å²) in [5, 5.41) is 1.24. The number of rotatable bonds is 4. The van der Waals surface area contributed by atoms with Crippen LogP contribution in [0.4, 0.5) is 13.2 Å². The summed E-state index contributed by atoms with van der Waals surface area (Å²) < 4.78 is 42.3. The minimum Gasteiger partial charge on any atom is -0.468 e. The molecule has 0 bridgehead atoms. The zero-order valence-electron chi connectivity index (χ0n) is 11.6. The van der Waals surface area contributed by atoms with Gasteiger partial charge in [-0.2, -0.15) is 13.2 Å². The number of methoxy groups -OCH3 is 1. The van der Waals surface area contributed by atoms with Gasteiger partial charge in [0.2, 0.25) is 0 Å². The van der Waals surface area contributed by atoms with Crippen molar-refractivity contribution in [2.24, 2.45) is 5.73 Å². The fourth-order valence-electron chi connectivity index (χ4n) is 1.86. The second-order valence-corrected chi connectivity index (χ2v) is 5.43. The number of carbonyl (C=O) groups is 1. The summed E-state index contributed by atoms with van der Waals surface area (Å²) in [4.78, 5) is 14.9. The molecule has 8 heteroatoms. The molecule has 1 aromatic heterocycles. The van der Waals surface area contributed by atoms with Gasteiger partial charge in [0.25, 0.3) is 0 Å². The lowest BCUT2D eigenvalue weighted by Crippen LogP contribution is -2.33. The van der Waals surface area contributed by atoms with Crippen LogP contribution in [-0.2, 0) is 22.1 Å². The number of esters is 1. The molecule has 2 N–H and O–H groups in total. The number of nitrogens with zero attached hydrogens (tertiary/aromatic N) is 1. The van der Waals surface area contributed by atoms with Gasteiger partial charge in [0, 0.05) is 10.9 Å². The number of aromatic nitrogens is 1. The first-order valence-electron chi connectivity index (χ1n) is 6.26. The zero-order chi connectivity index (χ0) is 16.3. The minimum absolute atomic E-state index is 0.234. The lowest BCUT2D eigenvalue weighted by molar-refractivity contribution is -0.142. The van der Waals surface area contributed by atoms with Crippen LogP contribution in [0.2, 0.25) is 0 Å². The summed E-state index contributed by atoms with van der Waals surface area (Å²) in [7, 11) is 1.24. The summed E-state index contributed by atoms with van der Waals surface area (Å²) in [5.74, 6) is -0.543. The lowest BCUT2D eigenvalue weighted by atomic mass is 10.0. The van der Waals surface area contributed by atoms with Crippen molar-refractivity contribution >= 4 is 17.3 Å². The number of carbonyl (C=O) groups excluding carboxylic acids is 1. The van der Waals surface area contributed by atoms with Crippen molar-refractivity contribution in [2.45, 2.75) is 18.6 Å². The Morgan fingerprint density at radius 2 is 2.18 bits per heavy atom. The van der Waals surface area contributed by atoms with E-state index in [2.05, 4.69) is 9.72 Å². The lowest BCUT2D eigenvalue weighted by Gasteiger charge is -2.09. The quantitative estimate of drug-likeness (QED) is 0.876. The highest BCUT2D eigenvalue weighted by Crippen LogP contribution is 2.33. The normalized spacial score (nSPS) is 13.0. The van der Waals surface area contributed by atoms with E-state index in [1.165, 1.54) is 7.11 Å². The maximum atomic E-state index is 12.6. The Bertz CT molecular complexity index is 670. The highest BCUT2D eigenvalue weighted by atomic mass is 32.1. The van der Waals surface area contributed by atoms with Crippen molar-refractivity contribution in [3.05, 3.63) is 40.9 Å². The molecule has 4 nitrogen and oxygen atoms in total. The topological polar surface area (TPSA) is 65.2 Å². The second kappa shape index (κ2) is 6.45. The highest BCUT2D eigenvalue weighted by Gasteiger charge is 2.33. The summed E-state index contributed by atoms with van der Waals surface area (Å²) in [5.41, 5.74) is 6.03. The Labute approximate surface area is 128 Å². The van der Waals surface area contributed by atoms with Crippen molar-refractivity contribution in [3.63, 3.8) is 0 Å². The van der Waals surface area contributed by atoms with E-state index in [1.54, 1.807) is 24.3 Å². The van der Waals surface area contributed by atoms with E-state index in [4.69, 9.17) is 5.73 Å². The smallest absolute Gasteiger partial charge is 0.434 e. The molecule has 0 spiro atoms. The number of nitrogens with two attached hydrogens (primary N) is 1. The number of hydrogen-bond acceptors (Lipinski definition) is 5. The molecule has 0 aliphatic rings. The standard InChI is InChI=1S/C14H13F3N2O2S/c1-21-13(20)10(18)6-8-3-2-4-9(5-8)12-19-11(7-22-12)14(15,16)17/h2-5,7,10H,6,18H2,1H3/t10-/m0/s1. The number of halogens is 3. The van der Waals surface area contributed by atoms with Crippen LogP contribution >= 0.6 is 11.3 Å². The maximum Gasteiger partial charge on any atom is 0.434 e. The Balaban J connectivity index is 2.21.